The summed E-state index contributed by atoms with van der Waals surface area (Å²) in [6.07, 6.45) is 3.81. The quantitative estimate of drug-likeness (QED) is 0.832. The molecule has 4 rings (SSSR count). The van der Waals surface area contributed by atoms with Crippen molar-refractivity contribution in [3.63, 3.8) is 0 Å². The molecule has 0 aliphatic carbocycles. The van der Waals surface area contributed by atoms with Gasteiger partial charge in [-0.25, -0.2) is 9.67 Å². The second kappa shape index (κ2) is 7.45. The largest absolute Gasteiger partial charge is 0.497 e. The Labute approximate surface area is 153 Å². The van der Waals surface area contributed by atoms with Crippen LogP contribution in [0.2, 0.25) is 0 Å². The van der Waals surface area contributed by atoms with E-state index in [1.807, 2.05) is 21.7 Å². The maximum absolute atomic E-state index is 13.0. The van der Waals surface area contributed by atoms with Crippen LogP contribution in [-0.2, 0) is 24.4 Å². The van der Waals surface area contributed by atoms with E-state index < -0.39 is 0 Å². The monoisotopic (exact) mass is 355 g/mol. The van der Waals surface area contributed by atoms with Gasteiger partial charge in [0.25, 0.3) is 0 Å². The maximum Gasteiger partial charge on any atom is 0.228 e. The van der Waals surface area contributed by atoms with Crippen molar-refractivity contribution in [2.24, 2.45) is 5.92 Å². The Morgan fingerprint density at radius 1 is 1.19 bits per heavy atom. The smallest absolute Gasteiger partial charge is 0.228 e. The zero-order chi connectivity index (χ0) is 17.9. The Morgan fingerprint density at radius 3 is 2.69 bits per heavy atom. The van der Waals surface area contributed by atoms with Gasteiger partial charge in [-0.3, -0.25) is 9.69 Å². The van der Waals surface area contributed by atoms with Crippen molar-refractivity contribution >= 4 is 5.91 Å². The summed E-state index contributed by atoms with van der Waals surface area (Å²) in [5.74, 6) is 1.96. The summed E-state index contributed by atoms with van der Waals surface area (Å²) in [5, 5.41) is 4.33. The second-order valence-electron chi connectivity index (χ2n) is 7.11. The Balaban J connectivity index is 1.52. The minimum atomic E-state index is -0.0747. The zero-order valence-electron chi connectivity index (χ0n) is 15.2. The molecule has 0 spiro atoms. The lowest BCUT2D eigenvalue weighted by atomic mass is 10.1. The number of nitrogens with zero attached hydrogens (tertiary/aromatic N) is 5. The second-order valence-corrected chi connectivity index (χ2v) is 7.11. The minimum absolute atomic E-state index is 0.0747. The summed E-state index contributed by atoms with van der Waals surface area (Å²) in [7, 11) is 1.67. The lowest BCUT2D eigenvalue weighted by Crippen LogP contribution is -2.40. The average Bonchev–Trinajstić information content (AvgIpc) is 3.31. The van der Waals surface area contributed by atoms with Gasteiger partial charge < -0.3 is 9.64 Å². The van der Waals surface area contributed by atoms with Gasteiger partial charge in [-0.15, -0.1) is 0 Å². The number of amides is 1. The molecule has 7 heteroatoms. The van der Waals surface area contributed by atoms with Crippen molar-refractivity contribution in [1.82, 2.24) is 24.6 Å². The van der Waals surface area contributed by atoms with Crippen LogP contribution in [0.4, 0.5) is 0 Å². The molecule has 1 atom stereocenters. The van der Waals surface area contributed by atoms with Crippen molar-refractivity contribution in [3.8, 4) is 5.75 Å². The molecular formula is C19H25N5O2. The van der Waals surface area contributed by atoms with Crippen LogP contribution in [0.25, 0.3) is 0 Å². The third-order valence-corrected chi connectivity index (χ3v) is 5.26. The van der Waals surface area contributed by atoms with Gasteiger partial charge >= 0.3 is 0 Å². The minimum Gasteiger partial charge on any atom is -0.497 e. The third kappa shape index (κ3) is 3.58. The van der Waals surface area contributed by atoms with Crippen LogP contribution >= 0.6 is 0 Å². The van der Waals surface area contributed by atoms with Gasteiger partial charge in [-0.05, 0) is 30.5 Å². The Hall–Kier alpha value is -2.41. The highest BCUT2D eigenvalue weighted by Crippen LogP contribution is 2.21. The molecule has 1 aromatic heterocycles. The number of likely N-dealkylation sites (tertiary alicyclic amines) is 1. The predicted octanol–water partition coefficient (Wildman–Crippen LogP) is 1.54. The van der Waals surface area contributed by atoms with Gasteiger partial charge in [0.15, 0.2) is 0 Å². The fraction of sp³-hybridized carbons (Fsp3) is 0.526. The normalized spacial score (nSPS) is 20.7. The molecule has 1 amide bonds. The number of carbonyl (C=O) groups is 1. The first-order valence-electron chi connectivity index (χ1n) is 9.23. The number of rotatable bonds is 4. The van der Waals surface area contributed by atoms with Crippen molar-refractivity contribution in [2.45, 2.75) is 32.5 Å². The first-order chi connectivity index (χ1) is 12.7. The van der Waals surface area contributed by atoms with Crippen molar-refractivity contribution in [1.29, 1.82) is 0 Å². The van der Waals surface area contributed by atoms with Gasteiger partial charge in [-0.1, -0.05) is 12.1 Å². The van der Waals surface area contributed by atoms with Crippen molar-refractivity contribution < 1.29 is 9.53 Å². The number of methoxy groups -OCH3 is 1. The number of hydrogen-bond donors (Lipinski definition) is 0. The fourth-order valence-corrected chi connectivity index (χ4v) is 3.87. The summed E-state index contributed by atoms with van der Waals surface area (Å²) in [6, 6.07) is 8.10. The number of benzene rings is 1. The number of carbonyl (C=O) groups excluding carboxylic acids is 1. The molecule has 2 aliphatic heterocycles. The summed E-state index contributed by atoms with van der Waals surface area (Å²) in [4.78, 5) is 21.7. The molecule has 0 saturated carbocycles. The molecule has 0 radical (unpaired) electrons. The molecule has 3 heterocycles. The maximum atomic E-state index is 13.0. The van der Waals surface area contributed by atoms with E-state index in [1.165, 1.54) is 5.56 Å². The van der Waals surface area contributed by atoms with E-state index in [1.54, 1.807) is 13.4 Å². The molecule has 7 nitrogen and oxygen atoms in total. The summed E-state index contributed by atoms with van der Waals surface area (Å²) >= 11 is 0. The van der Waals surface area contributed by atoms with Crippen LogP contribution < -0.4 is 4.74 Å². The number of hydrogen-bond acceptors (Lipinski definition) is 5. The molecule has 2 aromatic rings. The van der Waals surface area contributed by atoms with Crippen molar-refractivity contribution in [3.05, 3.63) is 42.0 Å². The molecule has 0 N–H and O–H groups in total. The first-order valence-corrected chi connectivity index (χ1v) is 9.23. The van der Waals surface area contributed by atoms with Crippen LogP contribution in [0.5, 0.6) is 5.75 Å². The molecule has 0 bridgehead atoms. The van der Waals surface area contributed by atoms with E-state index in [0.29, 0.717) is 13.1 Å². The lowest BCUT2D eigenvalue weighted by molar-refractivity contribution is -0.135. The Morgan fingerprint density at radius 2 is 1.96 bits per heavy atom. The summed E-state index contributed by atoms with van der Waals surface area (Å²) in [5.41, 5.74) is 1.20. The van der Waals surface area contributed by atoms with E-state index in [0.717, 1.165) is 50.6 Å². The molecule has 1 aromatic carbocycles. The van der Waals surface area contributed by atoms with Gasteiger partial charge in [0.05, 0.1) is 26.1 Å². The first kappa shape index (κ1) is 17.0. The Kier molecular flexibility index (Phi) is 4.88. The highest BCUT2D eigenvalue weighted by molar-refractivity contribution is 5.79. The number of ether oxygens (including phenoxy) is 1. The third-order valence-electron chi connectivity index (χ3n) is 5.26. The highest BCUT2D eigenvalue weighted by atomic mass is 16.5. The number of aromatic nitrogens is 3. The Bertz CT molecular complexity index is 752. The summed E-state index contributed by atoms with van der Waals surface area (Å²) < 4.78 is 7.13. The van der Waals surface area contributed by atoms with Crippen LogP contribution in [0.15, 0.2) is 30.6 Å². The summed E-state index contributed by atoms with van der Waals surface area (Å²) in [6.45, 7) is 4.60. The van der Waals surface area contributed by atoms with Crippen molar-refractivity contribution in [2.75, 3.05) is 26.7 Å². The molecule has 2 aliphatic rings. The van der Waals surface area contributed by atoms with Crippen LogP contribution in [0, 0.1) is 5.92 Å². The average molecular weight is 355 g/mol. The topological polar surface area (TPSA) is 63.5 Å². The lowest BCUT2D eigenvalue weighted by Gasteiger charge is -2.26. The van der Waals surface area contributed by atoms with Crippen LogP contribution in [0.3, 0.4) is 0 Å². The van der Waals surface area contributed by atoms with Gasteiger partial charge in [0.2, 0.25) is 5.91 Å². The van der Waals surface area contributed by atoms with Crippen LogP contribution in [0.1, 0.15) is 24.2 Å². The van der Waals surface area contributed by atoms with Crippen LogP contribution in [-0.4, -0.2) is 57.2 Å². The van der Waals surface area contributed by atoms with E-state index in [9.17, 15) is 4.79 Å². The molecular weight excluding hydrogens is 330 g/mol. The standard InChI is InChI=1S/C19H25N5O2/c1-26-17-6-4-15(5-7-17)10-22-11-16(19(25)23-8-2-3-9-23)12-24-18(13-22)20-14-21-24/h4-7,14,16H,2-3,8-13H2,1H3. The molecule has 26 heavy (non-hydrogen) atoms. The van der Waals surface area contributed by atoms with E-state index in [4.69, 9.17) is 4.74 Å². The molecule has 138 valence electrons. The number of fused-ring (bicyclic) bond motifs is 1. The fourth-order valence-electron chi connectivity index (χ4n) is 3.87. The highest BCUT2D eigenvalue weighted by Gasteiger charge is 2.32. The van der Waals surface area contributed by atoms with Gasteiger partial charge in [0.1, 0.15) is 17.9 Å². The molecule has 1 unspecified atom stereocenters. The zero-order valence-corrected chi connectivity index (χ0v) is 15.2. The SMILES string of the molecule is COc1ccc(CN2Cc3ncnn3CC(C(=O)N3CCCC3)C2)cc1. The van der Waals surface area contributed by atoms with E-state index in [2.05, 4.69) is 27.1 Å². The van der Waals surface area contributed by atoms with Gasteiger partial charge in [-0.2, -0.15) is 5.10 Å². The van der Waals surface area contributed by atoms with Gasteiger partial charge in [0, 0.05) is 26.2 Å². The molecule has 1 saturated heterocycles. The predicted molar refractivity (Wildman–Crippen MR) is 96.4 cm³/mol. The van der Waals surface area contributed by atoms with E-state index in [-0.39, 0.29) is 11.8 Å². The van der Waals surface area contributed by atoms with E-state index >= 15 is 0 Å². The molecule has 1 fully saturated rings.